The largest absolute Gasteiger partial charge is 0.497 e. The fourth-order valence-electron chi connectivity index (χ4n) is 2.63. The van der Waals surface area contributed by atoms with Crippen LogP contribution < -0.4 is 10.1 Å². The number of thioether (sulfide) groups is 1. The molecule has 1 N–H and O–H groups in total. The van der Waals surface area contributed by atoms with Crippen LogP contribution in [0.15, 0.2) is 59.9 Å². The van der Waals surface area contributed by atoms with E-state index in [1.807, 2.05) is 30.5 Å². The Bertz CT molecular complexity index is 908. The highest BCUT2D eigenvalue weighted by Crippen LogP contribution is 2.27. The molecule has 1 aromatic heterocycles. The van der Waals surface area contributed by atoms with Crippen molar-refractivity contribution in [3.63, 3.8) is 0 Å². The highest BCUT2D eigenvalue weighted by atomic mass is 35.5. The minimum atomic E-state index is -0.0843. The lowest BCUT2D eigenvalue weighted by Gasteiger charge is -2.10. The van der Waals surface area contributed by atoms with Crippen LogP contribution in [0.4, 0.5) is 5.69 Å². The number of hydrogen-bond acceptors (Lipinski definition) is 4. The summed E-state index contributed by atoms with van der Waals surface area (Å²) in [5.41, 5.74) is 2.80. The number of nitrogens with one attached hydrogen (secondary N) is 1. The first kappa shape index (κ1) is 19.3. The van der Waals surface area contributed by atoms with E-state index in [4.69, 9.17) is 16.3 Å². The van der Waals surface area contributed by atoms with E-state index in [0.29, 0.717) is 5.02 Å². The number of rotatable bonds is 7. The van der Waals surface area contributed by atoms with Crippen molar-refractivity contribution in [2.45, 2.75) is 18.6 Å². The van der Waals surface area contributed by atoms with E-state index in [9.17, 15) is 4.79 Å². The molecule has 0 fully saturated rings. The molecule has 0 bridgehead atoms. The van der Waals surface area contributed by atoms with E-state index in [2.05, 4.69) is 21.8 Å². The van der Waals surface area contributed by atoms with Gasteiger partial charge in [-0.25, -0.2) is 4.98 Å². The summed E-state index contributed by atoms with van der Waals surface area (Å²) in [5.74, 6) is 1.01. The summed E-state index contributed by atoms with van der Waals surface area (Å²) in [5, 5.41) is 4.31. The van der Waals surface area contributed by atoms with E-state index in [1.165, 1.54) is 11.8 Å². The summed E-state index contributed by atoms with van der Waals surface area (Å²) in [4.78, 5) is 16.7. The van der Waals surface area contributed by atoms with Crippen LogP contribution in [0.25, 0.3) is 11.3 Å². The summed E-state index contributed by atoms with van der Waals surface area (Å²) in [7, 11) is 1.65. The van der Waals surface area contributed by atoms with Crippen molar-refractivity contribution in [2.24, 2.45) is 0 Å². The molecule has 1 heterocycles. The number of methoxy groups -OCH3 is 1. The van der Waals surface area contributed by atoms with Gasteiger partial charge in [-0.1, -0.05) is 23.4 Å². The minimum absolute atomic E-state index is 0.0843. The predicted octanol–water partition coefficient (Wildman–Crippen LogP) is 4.96. The van der Waals surface area contributed by atoms with Crippen LogP contribution in [-0.2, 0) is 11.3 Å². The number of carbonyl (C=O) groups is 1. The molecule has 2 aromatic carbocycles. The zero-order chi connectivity index (χ0) is 19.2. The first-order valence-electron chi connectivity index (χ1n) is 8.49. The normalized spacial score (nSPS) is 10.6. The van der Waals surface area contributed by atoms with E-state index < -0.39 is 0 Å². The second-order valence-electron chi connectivity index (χ2n) is 5.74. The van der Waals surface area contributed by atoms with Gasteiger partial charge in [0.05, 0.1) is 24.8 Å². The monoisotopic (exact) mass is 401 g/mol. The number of aromatic nitrogens is 2. The smallest absolute Gasteiger partial charge is 0.234 e. The Hall–Kier alpha value is -2.44. The molecule has 5 nitrogen and oxygen atoms in total. The molecule has 0 saturated heterocycles. The van der Waals surface area contributed by atoms with Crippen LogP contribution in [0.3, 0.4) is 0 Å². The number of halogens is 1. The highest BCUT2D eigenvalue weighted by molar-refractivity contribution is 7.99. The zero-order valence-electron chi connectivity index (χ0n) is 15.1. The summed E-state index contributed by atoms with van der Waals surface area (Å²) in [6.45, 7) is 2.83. The Morgan fingerprint density at radius 2 is 1.89 bits per heavy atom. The number of hydrogen-bond donors (Lipinski definition) is 1. The van der Waals surface area contributed by atoms with Gasteiger partial charge in [-0.15, -0.1) is 0 Å². The van der Waals surface area contributed by atoms with Crippen LogP contribution >= 0.6 is 23.4 Å². The van der Waals surface area contributed by atoms with Gasteiger partial charge in [0.1, 0.15) is 5.75 Å². The van der Waals surface area contributed by atoms with Crippen molar-refractivity contribution >= 4 is 35.0 Å². The third-order valence-electron chi connectivity index (χ3n) is 3.98. The molecule has 3 rings (SSSR count). The minimum Gasteiger partial charge on any atom is -0.497 e. The summed E-state index contributed by atoms with van der Waals surface area (Å²) < 4.78 is 7.31. The number of carbonyl (C=O) groups excluding carboxylic acids is 1. The Morgan fingerprint density at radius 1 is 1.19 bits per heavy atom. The maximum absolute atomic E-state index is 12.2. The maximum Gasteiger partial charge on any atom is 0.234 e. The highest BCUT2D eigenvalue weighted by Gasteiger charge is 2.13. The quantitative estimate of drug-likeness (QED) is 0.568. The zero-order valence-corrected chi connectivity index (χ0v) is 16.7. The second kappa shape index (κ2) is 8.97. The van der Waals surface area contributed by atoms with Gasteiger partial charge in [0.25, 0.3) is 0 Å². The number of imidazole rings is 1. The van der Waals surface area contributed by atoms with E-state index in [1.54, 1.807) is 31.4 Å². The number of ether oxygens (including phenoxy) is 1. The van der Waals surface area contributed by atoms with Crippen molar-refractivity contribution in [2.75, 3.05) is 18.2 Å². The summed E-state index contributed by atoms with van der Waals surface area (Å²) in [6.07, 6.45) is 1.84. The molecule has 7 heteroatoms. The van der Waals surface area contributed by atoms with Crippen LogP contribution in [0.1, 0.15) is 6.92 Å². The first-order chi connectivity index (χ1) is 13.1. The standard InChI is InChI=1S/C20H20ClN3O2S/c1-3-24-18(14-4-10-17(26-2)11-5-14)12-22-20(24)27-13-19(25)23-16-8-6-15(21)7-9-16/h4-12H,3,13H2,1-2H3,(H,23,25). The van der Waals surface area contributed by atoms with Crippen molar-refractivity contribution in [3.8, 4) is 17.0 Å². The van der Waals surface area contributed by atoms with Gasteiger partial charge in [0.15, 0.2) is 5.16 Å². The van der Waals surface area contributed by atoms with Crippen molar-refractivity contribution in [3.05, 3.63) is 59.8 Å². The molecule has 0 saturated carbocycles. The van der Waals surface area contributed by atoms with Gasteiger partial charge in [-0.3, -0.25) is 4.79 Å². The Labute approximate surface area is 167 Å². The number of anilines is 1. The molecule has 0 unspecified atom stereocenters. The fraction of sp³-hybridized carbons (Fsp3) is 0.200. The molecule has 0 atom stereocenters. The third kappa shape index (κ3) is 4.84. The molecule has 0 aliphatic rings. The topological polar surface area (TPSA) is 56.2 Å². The van der Waals surface area contributed by atoms with Crippen LogP contribution in [0.5, 0.6) is 5.75 Å². The molecular weight excluding hydrogens is 382 g/mol. The van der Waals surface area contributed by atoms with Gasteiger partial charge in [0.2, 0.25) is 5.91 Å². The molecule has 1 amide bonds. The van der Waals surface area contributed by atoms with Gasteiger partial charge in [-0.05, 0) is 55.5 Å². The summed E-state index contributed by atoms with van der Waals surface area (Å²) in [6, 6.07) is 14.9. The Balaban J connectivity index is 1.67. The third-order valence-corrected chi connectivity index (χ3v) is 5.22. The molecule has 0 spiro atoms. The maximum atomic E-state index is 12.2. The van der Waals surface area contributed by atoms with E-state index >= 15 is 0 Å². The van der Waals surface area contributed by atoms with Gasteiger partial charge in [0, 0.05) is 22.8 Å². The van der Waals surface area contributed by atoms with Crippen molar-refractivity contribution in [1.82, 2.24) is 9.55 Å². The van der Waals surface area contributed by atoms with Gasteiger partial charge < -0.3 is 14.6 Å². The predicted molar refractivity (Wildman–Crippen MR) is 111 cm³/mol. The molecule has 0 radical (unpaired) electrons. The lowest BCUT2D eigenvalue weighted by atomic mass is 10.1. The Kier molecular flexibility index (Phi) is 6.42. The molecule has 0 aliphatic carbocycles. The molecular formula is C20H20ClN3O2S. The number of amides is 1. The second-order valence-corrected chi connectivity index (χ2v) is 7.12. The van der Waals surface area contributed by atoms with Crippen LogP contribution in [-0.4, -0.2) is 28.3 Å². The molecule has 0 aliphatic heterocycles. The summed E-state index contributed by atoms with van der Waals surface area (Å²) >= 11 is 7.27. The van der Waals surface area contributed by atoms with E-state index in [0.717, 1.165) is 34.4 Å². The van der Waals surface area contributed by atoms with Crippen LogP contribution in [0.2, 0.25) is 5.02 Å². The number of benzene rings is 2. The number of nitrogens with zero attached hydrogens (tertiary/aromatic N) is 2. The Morgan fingerprint density at radius 3 is 2.52 bits per heavy atom. The van der Waals surface area contributed by atoms with Gasteiger partial charge >= 0.3 is 0 Å². The first-order valence-corrected chi connectivity index (χ1v) is 9.85. The van der Waals surface area contributed by atoms with Crippen molar-refractivity contribution in [1.29, 1.82) is 0 Å². The lowest BCUT2D eigenvalue weighted by Crippen LogP contribution is -2.14. The SMILES string of the molecule is CCn1c(-c2ccc(OC)cc2)cnc1SCC(=O)Nc1ccc(Cl)cc1. The fourth-order valence-corrected chi connectivity index (χ4v) is 3.60. The lowest BCUT2D eigenvalue weighted by molar-refractivity contribution is -0.113. The molecule has 27 heavy (non-hydrogen) atoms. The van der Waals surface area contributed by atoms with Gasteiger partial charge in [-0.2, -0.15) is 0 Å². The average molecular weight is 402 g/mol. The molecule has 3 aromatic rings. The van der Waals surface area contributed by atoms with E-state index in [-0.39, 0.29) is 11.7 Å². The van der Waals surface area contributed by atoms with Crippen molar-refractivity contribution < 1.29 is 9.53 Å². The average Bonchev–Trinajstić information content (AvgIpc) is 3.11. The molecule has 140 valence electrons. The van der Waals surface area contributed by atoms with Crippen LogP contribution in [0, 0.1) is 0 Å².